The highest BCUT2D eigenvalue weighted by molar-refractivity contribution is 7.91. The van der Waals surface area contributed by atoms with E-state index in [2.05, 4.69) is 5.32 Å². The van der Waals surface area contributed by atoms with Crippen LogP contribution in [0.1, 0.15) is 15.9 Å². The van der Waals surface area contributed by atoms with E-state index >= 15 is 0 Å². The molecule has 0 spiro atoms. The van der Waals surface area contributed by atoms with Gasteiger partial charge in [0.25, 0.3) is 11.6 Å². The van der Waals surface area contributed by atoms with Gasteiger partial charge in [-0.15, -0.1) is 0 Å². The number of nitro benzene ring substituents is 1. The Bertz CT molecular complexity index is 1140. The van der Waals surface area contributed by atoms with Crippen LogP contribution in [0.25, 0.3) is 0 Å². The van der Waals surface area contributed by atoms with Gasteiger partial charge in [0.1, 0.15) is 0 Å². The minimum absolute atomic E-state index is 0.0711. The Balaban J connectivity index is 1.83. The van der Waals surface area contributed by atoms with Crippen LogP contribution in [0.15, 0.2) is 82.6 Å². The zero-order valence-electron chi connectivity index (χ0n) is 14.8. The van der Waals surface area contributed by atoms with Gasteiger partial charge in [-0.2, -0.15) is 0 Å². The van der Waals surface area contributed by atoms with Crippen molar-refractivity contribution in [3.8, 4) is 0 Å². The minimum Gasteiger partial charge on any atom is -0.321 e. The highest BCUT2D eigenvalue weighted by atomic mass is 32.2. The number of aryl methyl sites for hydroxylation is 1. The molecule has 1 N–H and O–H groups in total. The summed E-state index contributed by atoms with van der Waals surface area (Å²) in [6.07, 6.45) is 0. The predicted octanol–water partition coefficient (Wildman–Crippen LogP) is 3.99. The zero-order chi connectivity index (χ0) is 20.3. The molecule has 0 heterocycles. The van der Waals surface area contributed by atoms with Crippen molar-refractivity contribution in [2.24, 2.45) is 0 Å². The highest BCUT2D eigenvalue weighted by Gasteiger charge is 2.18. The summed E-state index contributed by atoms with van der Waals surface area (Å²) >= 11 is 0. The maximum absolute atomic E-state index is 12.6. The fraction of sp³-hybridized carbons (Fsp3) is 0.0500. The van der Waals surface area contributed by atoms with E-state index in [0.717, 1.165) is 0 Å². The summed E-state index contributed by atoms with van der Waals surface area (Å²) < 4.78 is 25.2. The van der Waals surface area contributed by atoms with Crippen molar-refractivity contribution in [2.45, 2.75) is 16.7 Å². The molecule has 8 heteroatoms. The van der Waals surface area contributed by atoms with Crippen LogP contribution < -0.4 is 5.32 Å². The normalized spacial score (nSPS) is 11.0. The van der Waals surface area contributed by atoms with E-state index in [9.17, 15) is 23.3 Å². The van der Waals surface area contributed by atoms with Gasteiger partial charge >= 0.3 is 0 Å². The first-order chi connectivity index (χ1) is 13.3. The van der Waals surface area contributed by atoms with Crippen molar-refractivity contribution < 1.29 is 18.1 Å². The summed E-state index contributed by atoms with van der Waals surface area (Å²) in [6.45, 7) is 1.72. The predicted molar refractivity (Wildman–Crippen MR) is 104 cm³/mol. The molecule has 0 aliphatic rings. The molecule has 0 saturated carbocycles. The van der Waals surface area contributed by atoms with E-state index in [1.54, 1.807) is 31.2 Å². The SMILES string of the molecule is Cc1ccc([N+](=O)[O-])cc1NC(=O)c1ccc(S(=O)(=O)c2ccccc2)cc1. The van der Waals surface area contributed by atoms with Crippen LogP contribution in [-0.2, 0) is 9.84 Å². The average molecular weight is 396 g/mol. The molecule has 3 aromatic carbocycles. The van der Waals surface area contributed by atoms with Gasteiger partial charge in [0.15, 0.2) is 0 Å². The van der Waals surface area contributed by atoms with Crippen molar-refractivity contribution >= 4 is 27.1 Å². The van der Waals surface area contributed by atoms with Crippen molar-refractivity contribution in [3.63, 3.8) is 0 Å². The Kier molecular flexibility index (Phi) is 5.23. The second-order valence-electron chi connectivity index (χ2n) is 6.05. The second-order valence-corrected chi connectivity index (χ2v) is 8.00. The van der Waals surface area contributed by atoms with Crippen LogP contribution in [-0.4, -0.2) is 19.2 Å². The van der Waals surface area contributed by atoms with E-state index < -0.39 is 20.7 Å². The number of hydrogen-bond donors (Lipinski definition) is 1. The number of rotatable bonds is 5. The molecular formula is C20H16N2O5S. The van der Waals surface area contributed by atoms with Gasteiger partial charge in [-0.1, -0.05) is 24.3 Å². The van der Waals surface area contributed by atoms with Crippen LogP contribution >= 0.6 is 0 Å². The first kappa shape index (κ1) is 19.2. The van der Waals surface area contributed by atoms with Crippen LogP contribution in [0.3, 0.4) is 0 Å². The van der Waals surface area contributed by atoms with Gasteiger partial charge in [-0.05, 0) is 48.9 Å². The third kappa shape index (κ3) is 3.91. The molecule has 0 radical (unpaired) electrons. The molecule has 28 heavy (non-hydrogen) atoms. The molecule has 1 amide bonds. The Morgan fingerprint density at radius 1 is 0.929 bits per heavy atom. The number of benzene rings is 3. The second kappa shape index (κ2) is 7.61. The van der Waals surface area contributed by atoms with Crippen molar-refractivity contribution in [1.82, 2.24) is 0 Å². The first-order valence-corrected chi connectivity index (χ1v) is 9.74. The number of nitrogens with one attached hydrogen (secondary N) is 1. The fourth-order valence-corrected chi connectivity index (χ4v) is 3.86. The lowest BCUT2D eigenvalue weighted by Gasteiger charge is -2.09. The fourth-order valence-electron chi connectivity index (χ4n) is 2.57. The van der Waals surface area contributed by atoms with Gasteiger partial charge in [-0.3, -0.25) is 14.9 Å². The molecule has 0 unspecified atom stereocenters. The Morgan fingerprint density at radius 2 is 1.54 bits per heavy atom. The number of carbonyl (C=O) groups excluding carboxylic acids is 1. The molecule has 3 rings (SSSR count). The zero-order valence-corrected chi connectivity index (χ0v) is 15.6. The van der Waals surface area contributed by atoms with E-state index in [-0.39, 0.29) is 21.0 Å². The third-order valence-corrected chi connectivity index (χ3v) is 5.95. The summed E-state index contributed by atoms with van der Waals surface area (Å²) in [5.74, 6) is -0.493. The van der Waals surface area contributed by atoms with Gasteiger partial charge in [0, 0.05) is 17.7 Å². The summed E-state index contributed by atoms with van der Waals surface area (Å²) in [5.41, 5.74) is 1.09. The molecule has 142 valence electrons. The summed E-state index contributed by atoms with van der Waals surface area (Å²) in [7, 11) is -3.67. The van der Waals surface area contributed by atoms with Gasteiger partial charge in [0.05, 0.1) is 20.4 Å². The first-order valence-electron chi connectivity index (χ1n) is 8.25. The van der Waals surface area contributed by atoms with E-state index in [4.69, 9.17) is 0 Å². The lowest BCUT2D eigenvalue weighted by atomic mass is 10.1. The van der Waals surface area contributed by atoms with E-state index in [1.807, 2.05) is 0 Å². The summed E-state index contributed by atoms with van der Waals surface area (Å²) in [6, 6.07) is 17.7. The largest absolute Gasteiger partial charge is 0.321 e. The lowest BCUT2D eigenvalue weighted by molar-refractivity contribution is -0.384. The number of non-ortho nitro benzene ring substituents is 1. The molecule has 3 aromatic rings. The maximum Gasteiger partial charge on any atom is 0.271 e. The minimum atomic E-state index is -3.67. The molecule has 0 aromatic heterocycles. The number of carbonyl (C=O) groups is 1. The lowest BCUT2D eigenvalue weighted by Crippen LogP contribution is -2.13. The number of hydrogen-bond acceptors (Lipinski definition) is 5. The maximum atomic E-state index is 12.6. The Labute approximate surface area is 161 Å². The smallest absolute Gasteiger partial charge is 0.271 e. The Morgan fingerprint density at radius 3 is 2.14 bits per heavy atom. The Hall–Kier alpha value is -3.52. The number of nitro groups is 1. The van der Waals surface area contributed by atoms with Gasteiger partial charge in [0.2, 0.25) is 9.84 Å². The molecule has 0 aliphatic heterocycles. The molecule has 0 saturated heterocycles. The molecule has 7 nitrogen and oxygen atoms in total. The van der Waals surface area contributed by atoms with Gasteiger partial charge < -0.3 is 5.32 Å². The summed E-state index contributed by atoms with van der Waals surface area (Å²) in [5, 5.41) is 13.5. The molecule has 0 aliphatic carbocycles. The van der Waals surface area contributed by atoms with Crippen LogP contribution in [0, 0.1) is 17.0 Å². The number of amides is 1. The molecular weight excluding hydrogens is 380 g/mol. The highest BCUT2D eigenvalue weighted by Crippen LogP contribution is 2.24. The van der Waals surface area contributed by atoms with Crippen LogP contribution in [0.2, 0.25) is 0 Å². The average Bonchev–Trinajstić information content (AvgIpc) is 2.70. The van der Waals surface area contributed by atoms with Crippen LogP contribution in [0.5, 0.6) is 0 Å². The van der Waals surface area contributed by atoms with Crippen molar-refractivity contribution in [2.75, 3.05) is 5.32 Å². The standard InChI is InChI=1S/C20H16N2O5S/c1-14-7-10-16(22(24)25)13-19(14)21-20(23)15-8-11-18(12-9-15)28(26,27)17-5-3-2-4-6-17/h2-13H,1H3,(H,21,23). The number of anilines is 1. The molecule has 0 fully saturated rings. The number of sulfone groups is 1. The van der Waals surface area contributed by atoms with Crippen LogP contribution in [0.4, 0.5) is 11.4 Å². The monoisotopic (exact) mass is 396 g/mol. The van der Waals surface area contributed by atoms with E-state index in [1.165, 1.54) is 48.5 Å². The van der Waals surface area contributed by atoms with Gasteiger partial charge in [-0.25, -0.2) is 8.42 Å². The van der Waals surface area contributed by atoms with Crippen molar-refractivity contribution in [3.05, 3.63) is 94.0 Å². The van der Waals surface area contributed by atoms with Crippen molar-refractivity contribution in [1.29, 1.82) is 0 Å². The third-order valence-electron chi connectivity index (χ3n) is 4.16. The molecule has 0 atom stereocenters. The molecule has 0 bridgehead atoms. The quantitative estimate of drug-likeness (QED) is 0.518. The number of nitrogens with zero attached hydrogens (tertiary/aromatic N) is 1. The topological polar surface area (TPSA) is 106 Å². The summed E-state index contributed by atoms with van der Waals surface area (Å²) in [4.78, 5) is 23.0. The van der Waals surface area contributed by atoms with E-state index in [0.29, 0.717) is 11.3 Å².